The van der Waals surface area contributed by atoms with Crippen molar-refractivity contribution in [2.75, 3.05) is 6.61 Å². The van der Waals surface area contributed by atoms with Crippen LogP contribution in [0.15, 0.2) is 148 Å². The molecule has 3 rings (SSSR count). The molecule has 0 radical (unpaired) electrons. The van der Waals surface area contributed by atoms with Gasteiger partial charge in [0.2, 0.25) is 0 Å². The van der Waals surface area contributed by atoms with Crippen molar-refractivity contribution < 1.29 is 12.8 Å². The Morgan fingerprint density at radius 3 is 1.62 bits per heavy atom. The van der Waals surface area contributed by atoms with Gasteiger partial charge < -0.3 is 4.43 Å². The van der Waals surface area contributed by atoms with Gasteiger partial charge in [-0.1, -0.05) is 157 Å². The first kappa shape index (κ1) is 43.9. The topological polar surface area (TPSA) is 43.4 Å². The summed E-state index contributed by atoms with van der Waals surface area (Å²) in [5.74, 6) is 0. The van der Waals surface area contributed by atoms with E-state index in [9.17, 15) is 8.42 Å². The van der Waals surface area contributed by atoms with E-state index in [-0.39, 0.29) is 5.04 Å². The zero-order chi connectivity index (χ0) is 39.1. The molecule has 0 saturated carbocycles. The molecule has 0 aliphatic heterocycles. The van der Waals surface area contributed by atoms with Gasteiger partial charge in [-0.25, -0.2) is 8.42 Å². The summed E-state index contributed by atoms with van der Waals surface area (Å²) < 4.78 is 35.1. The Bertz CT molecular complexity index is 1800. The molecular weight excluding hydrogens is 685 g/mol. The molecule has 1 unspecified atom stereocenters. The molecule has 0 N–H and O–H groups in total. The van der Waals surface area contributed by atoms with E-state index in [1.54, 1.807) is 12.1 Å². The first-order valence-electron chi connectivity index (χ1n) is 19.4. The molecule has 286 valence electrons. The van der Waals surface area contributed by atoms with Crippen LogP contribution in [0, 0.1) is 6.92 Å². The highest BCUT2D eigenvalue weighted by atomic mass is 32.2. The fraction of sp³-hybridized carbons (Fsp3) is 0.417. The third-order valence-corrected chi connectivity index (χ3v) is 17.1. The Balaban J connectivity index is 1.74. The van der Waals surface area contributed by atoms with E-state index in [0.29, 0.717) is 17.9 Å². The number of allylic oxidation sites excluding steroid dienone is 8. The third kappa shape index (κ3) is 13.4. The van der Waals surface area contributed by atoms with Crippen molar-refractivity contribution in [3.8, 4) is 0 Å². The minimum absolute atomic E-state index is 0.0689. The lowest BCUT2D eigenvalue weighted by atomic mass is 10.0. The highest BCUT2D eigenvalue weighted by Crippen LogP contribution is 2.37. The maximum Gasteiger partial charge on any atom is 0.261 e. The average Bonchev–Trinajstić information content (AvgIpc) is 3.10. The lowest BCUT2D eigenvalue weighted by molar-refractivity contribution is 0.338. The molecule has 0 amide bonds. The van der Waals surface area contributed by atoms with Crippen molar-refractivity contribution >= 4 is 28.5 Å². The first-order valence-corrected chi connectivity index (χ1v) is 22.8. The van der Waals surface area contributed by atoms with Crippen LogP contribution in [0.1, 0.15) is 113 Å². The van der Waals surface area contributed by atoms with Crippen LogP contribution in [0.5, 0.6) is 0 Å². The lowest BCUT2D eigenvalue weighted by Gasteiger charge is -2.42. The summed E-state index contributed by atoms with van der Waals surface area (Å²) >= 11 is 0. The first-order chi connectivity index (χ1) is 25.1. The molecule has 0 saturated heterocycles. The van der Waals surface area contributed by atoms with Crippen molar-refractivity contribution in [2.45, 2.75) is 129 Å². The standard InChI is InChI=1S/C48H66O3SSi/c1-38(2)20-17-21-39(3)22-18-24-42(6)36-45(52(49,50)44-32-30-41(5)31-33-44)37-43(7)25-19-23-40(4)34-35-51-53(48(8,9)10,46-26-13-11-14-27-46)47-28-15-12-16-29-47/h11-16,20,22,25-34,36,45H,17-19,21,23-24,35,37H2,1-10H3/b39-22+,40-34-,42-36+,43-25-. The largest absolute Gasteiger partial charge is 0.404 e. The molecule has 1 atom stereocenters. The second kappa shape index (κ2) is 20.8. The molecule has 53 heavy (non-hydrogen) atoms. The molecule has 0 spiro atoms. The second-order valence-electron chi connectivity index (χ2n) is 16.1. The second-order valence-corrected chi connectivity index (χ2v) is 22.6. The van der Waals surface area contributed by atoms with Crippen molar-refractivity contribution in [3.05, 3.63) is 149 Å². The smallest absolute Gasteiger partial charge is 0.261 e. The monoisotopic (exact) mass is 750 g/mol. The van der Waals surface area contributed by atoms with Crippen LogP contribution in [-0.4, -0.2) is 28.6 Å². The van der Waals surface area contributed by atoms with Crippen LogP contribution in [0.25, 0.3) is 0 Å². The number of sulfone groups is 1. The lowest BCUT2D eigenvalue weighted by Crippen LogP contribution is -2.66. The van der Waals surface area contributed by atoms with Gasteiger partial charge in [0.15, 0.2) is 9.84 Å². The van der Waals surface area contributed by atoms with Crippen LogP contribution in [0.2, 0.25) is 5.04 Å². The maximum atomic E-state index is 14.0. The Morgan fingerprint density at radius 1 is 0.642 bits per heavy atom. The quantitative estimate of drug-likeness (QED) is 0.0905. The Morgan fingerprint density at radius 2 is 1.11 bits per heavy atom. The van der Waals surface area contributed by atoms with Crippen molar-refractivity contribution in [1.29, 1.82) is 0 Å². The van der Waals surface area contributed by atoms with Gasteiger partial charge in [0.05, 0.1) is 16.8 Å². The molecule has 0 bridgehead atoms. The minimum atomic E-state index is -3.56. The number of hydrogen-bond acceptors (Lipinski definition) is 3. The molecule has 3 aromatic rings. The molecule has 0 aliphatic carbocycles. The molecule has 3 aromatic carbocycles. The molecular formula is C48H66O3SSi. The normalized spacial score (nSPS) is 14.3. The number of rotatable bonds is 19. The Hall–Kier alpha value is -3.51. The van der Waals surface area contributed by atoms with E-state index in [4.69, 9.17) is 4.43 Å². The van der Waals surface area contributed by atoms with E-state index in [2.05, 4.69) is 147 Å². The zero-order valence-corrected chi connectivity index (χ0v) is 36.2. The van der Waals surface area contributed by atoms with Gasteiger partial charge in [-0.3, -0.25) is 0 Å². The molecule has 3 nitrogen and oxygen atoms in total. The minimum Gasteiger partial charge on any atom is -0.404 e. The molecule has 0 aliphatic rings. The highest BCUT2D eigenvalue weighted by Gasteiger charge is 2.49. The van der Waals surface area contributed by atoms with Gasteiger partial charge in [0.1, 0.15) is 0 Å². The van der Waals surface area contributed by atoms with Crippen molar-refractivity contribution in [3.63, 3.8) is 0 Å². The van der Waals surface area contributed by atoms with Crippen LogP contribution in [0.4, 0.5) is 0 Å². The van der Waals surface area contributed by atoms with Crippen LogP contribution in [0.3, 0.4) is 0 Å². The van der Waals surface area contributed by atoms with Gasteiger partial charge in [0.25, 0.3) is 8.32 Å². The fourth-order valence-electron chi connectivity index (χ4n) is 6.92. The number of hydrogen-bond donors (Lipinski definition) is 0. The maximum absolute atomic E-state index is 14.0. The van der Waals surface area contributed by atoms with Gasteiger partial charge in [-0.2, -0.15) is 0 Å². The van der Waals surface area contributed by atoms with E-state index >= 15 is 0 Å². The van der Waals surface area contributed by atoms with Gasteiger partial charge in [-0.05, 0) is 121 Å². The number of aryl methyl sites for hydroxylation is 1. The summed E-state index contributed by atoms with van der Waals surface area (Å²) in [6.45, 7) is 22.2. The molecule has 0 fully saturated rings. The molecule has 5 heteroatoms. The average molecular weight is 751 g/mol. The highest BCUT2D eigenvalue weighted by molar-refractivity contribution is 7.92. The number of benzene rings is 3. The van der Waals surface area contributed by atoms with Crippen molar-refractivity contribution in [2.24, 2.45) is 0 Å². The van der Waals surface area contributed by atoms with Gasteiger partial charge in [-0.15, -0.1) is 0 Å². The summed E-state index contributed by atoms with van der Waals surface area (Å²) in [5, 5.41) is 1.88. The molecule has 0 aromatic heterocycles. The van der Waals surface area contributed by atoms with Crippen LogP contribution < -0.4 is 10.4 Å². The fourth-order valence-corrected chi connectivity index (χ4v) is 13.2. The van der Waals surface area contributed by atoms with Crippen LogP contribution >= 0.6 is 0 Å². The molecule has 0 heterocycles. The predicted molar refractivity (Wildman–Crippen MR) is 233 cm³/mol. The van der Waals surface area contributed by atoms with E-state index in [1.807, 2.05) is 25.1 Å². The van der Waals surface area contributed by atoms with E-state index in [0.717, 1.165) is 55.2 Å². The predicted octanol–water partition coefficient (Wildman–Crippen LogP) is 12.2. The summed E-state index contributed by atoms with van der Waals surface area (Å²) in [6.07, 6.45) is 17.2. The third-order valence-electron chi connectivity index (χ3n) is 10.0. The van der Waals surface area contributed by atoms with Gasteiger partial charge >= 0.3 is 0 Å². The van der Waals surface area contributed by atoms with E-state index in [1.165, 1.54) is 27.1 Å². The Labute approximate surface area is 324 Å². The summed E-state index contributed by atoms with van der Waals surface area (Å²) in [7, 11) is -6.15. The van der Waals surface area contributed by atoms with Crippen LogP contribution in [-0.2, 0) is 14.3 Å². The summed E-state index contributed by atoms with van der Waals surface area (Å²) in [6, 6.07) is 28.8. The van der Waals surface area contributed by atoms with Gasteiger partial charge in [0, 0.05) is 0 Å². The SMILES string of the molecule is CC(C)=CCC/C(C)=C/CC/C(C)=C/C(C/C(C)=C\CC/C(C)=C\CO[Si](c1ccccc1)(c1ccccc1)C(C)(C)C)S(=O)(=O)c1ccc(C)cc1. The van der Waals surface area contributed by atoms with Crippen molar-refractivity contribution in [1.82, 2.24) is 0 Å². The summed E-state index contributed by atoms with van der Waals surface area (Å²) in [5.41, 5.74) is 7.28. The Kier molecular flexibility index (Phi) is 17.2. The zero-order valence-electron chi connectivity index (χ0n) is 34.3. The van der Waals surface area contributed by atoms with E-state index < -0.39 is 23.4 Å². The summed E-state index contributed by atoms with van der Waals surface area (Å²) in [4.78, 5) is 0.389.